The van der Waals surface area contributed by atoms with E-state index in [0.717, 1.165) is 18.1 Å². The Morgan fingerprint density at radius 1 is 1.53 bits per heavy atom. The molecule has 0 saturated carbocycles. The summed E-state index contributed by atoms with van der Waals surface area (Å²) in [4.78, 5) is 0. The van der Waals surface area contributed by atoms with Crippen molar-refractivity contribution in [2.75, 3.05) is 18.1 Å². The van der Waals surface area contributed by atoms with Gasteiger partial charge in [-0.25, -0.2) is 4.39 Å². The monoisotopic (exact) mass is 250 g/mol. The lowest BCUT2D eigenvalue weighted by molar-refractivity contribution is 0.591. The molecule has 0 aromatic heterocycles. The van der Waals surface area contributed by atoms with Gasteiger partial charge in [0.15, 0.2) is 0 Å². The molecule has 90 valence electrons. The van der Waals surface area contributed by atoms with Crippen LogP contribution in [0.4, 0.5) is 4.39 Å². The van der Waals surface area contributed by atoms with Gasteiger partial charge >= 0.3 is 0 Å². The summed E-state index contributed by atoms with van der Waals surface area (Å²) < 4.78 is 13.6. The van der Waals surface area contributed by atoms with Crippen LogP contribution in [0.3, 0.4) is 0 Å². The Labute approximate surface area is 106 Å². The Balaban J connectivity index is 2.37. The van der Waals surface area contributed by atoms with Crippen molar-refractivity contribution < 1.29 is 4.39 Å². The quantitative estimate of drug-likeness (QED) is 0.597. The zero-order valence-electron chi connectivity index (χ0n) is 9.58. The van der Waals surface area contributed by atoms with Crippen LogP contribution in [-0.2, 0) is 6.54 Å². The first-order valence-corrected chi connectivity index (χ1v) is 6.52. The summed E-state index contributed by atoms with van der Waals surface area (Å²) in [5.41, 5.74) is 0.642. The molecule has 1 aromatic carbocycles. The lowest BCUT2D eigenvalue weighted by Gasteiger charge is -2.06. The third-order valence-corrected chi connectivity index (χ3v) is 3.14. The number of halogens is 1. The second-order valence-corrected chi connectivity index (χ2v) is 4.58. The largest absolute Gasteiger partial charge is 0.312 e. The topological polar surface area (TPSA) is 35.8 Å². The van der Waals surface area contributed by atoms with E-state index in [1.165, 1.54) is 6.07 Å². The molecule has 0 aliphatic heterocycles. The third-order valence-electron chi connectivity index (χ3n) is 2.17. The number of nitriles is 1. The summed E-state index contributed by atoms with van der Waals surface area (Å²) in [6.45, 7) is 4.90. The molecule has 0 fully saturated rings. The first-order valence-electron chi connectivity index (χ1n) is 5.36. The van der Waals surface area contributed by atoms with Crippen molar-refractivity contribution >= 4 is 11.8 Å². The van der Waals surface area contributed by atoms with Gasteiger partial charge in [0.05, 0.1) is 5.56 Å². The van der Waals surface area contributed by atoms with Crippen molar-refractivity contribution in [1.82, 2.24) is 5.32 Å². The van der Waals surface area contributed by atoms with E-state index in [2.05, 4.69) is 11.9 Å². The van der Waals surface area contributed by atoms with Crippen LogP contribution in [0.2, 0.25) is 0 Å². The average molecular weight is 250 g/mol. The van der Waals surface area contributed by atoms with Crippen LogP contribution in [0.25, 0.3) is 0 Å². The fraction of sp³-hybridized carbons (Fsp3) is 0.308. The molecule has 4 heteroatoms. The highest BCUT2D eigenvalue weighted by molar-refractivity contribution is 7.99. The third kappa shape index (κ3) is 4.59. The van der Waals surface area contributed by atoms with Gasteiger partial charge in [-0.15, -0.1) is 6.58 Å². The van der Waals surface area contributed by atoms with Crippen molar-refractivity contribution in [2.45, 2.75) is 6.54 Å². The number of rotatable bonds is 7. The highest BCUT2D eigenvalue weighted by atomic mass is 32.2. The van der Waals surface area contributed by atoms with Gasteiger partial charge in [0.1, 0.15) is 11.9 Å². The molecule has 0 radical (unpaired) electrons. The minimum Gasteiger partial charge on any atom is -0.312 e. The first kappa shape index (κ1) is 13.8. The van der Waals surface area contributed by atoms with E-state index < -0.39 is 5.82 Å². The predicted octanol–water partition coefficient (Wildman–Crippen LogP) is 2.71. The van der Waals surface area contributed by atoms with E-state index in [9.17, 15) is 4.39 Å². The van der Waals surface area contributed by atoms with Crippen molar-refractivity contribution in [3.05, 3.63) is 47.8 Å². The van der Waals surface area contributed by atoms with Gasteiger partial charge in [-0.1, -0.05) is 18.2 Å². The van der Waals surface area contributed by atoms with Crippen LogP contribution in [-0.4, -0.2) is 18.1 Å². The maximum absolute atomic E-state index is 13.6. The summed E-state index contributed by atoms with van der Waals surface area (Å²) >= 11 is 1.77. The summed E-state index contributed by atoms with van der Waals surface area (Å²) in [6, 6.07) is 6.71. The van der Waals surface area contributed by atoms with E-state index in [-0.39, 0.29) is 5.56 Å². The van der Waals surface area contributed by atoms with Gasteiger partial charge in [0.25, 0.3) is 0 Å². The standard InChI is InChI=1S/C13H15FN2S/c1-2-7-17-8-6-16-10-12-5-3-4-11(9-15)13(12)14/h2-5,16H,1,6-8,10H2. The number of thioether (sulfide) groups is 1. The van der Waals surface area contributed by atoms with Gasteiger partial charge in [-0.3, -0.25) is 0 Å². The number of benzene rings is 1. The molecule has 0 atom stereocenters. The number of hydrogen-bond donors (Lipinski definition) is 1. The molecule has 0 amide bonds. The Morgan fingerprint density at radius 2 is 2.35 bits per heavy atom. The molecule has 17 heavy (non-hydrogen) atoms. The SMILES string of the molecule is C=CCSCCNCc1cccc(C#N)c1F. The first-order chi connectivity index (χ1) is 8.29. The van der Waals surface area contributed by atoms with E-state index in [1.807, 2.05) is 12.1 Å². The number of nitrogens with one attached hydrogen (secondary N) is 1. The maximum Gasteiger partial charge on any atom is 0.145 e. The van der Waals surface area contributed by atoms with Crippen LogP contribution in [0, 0.1) is 17.1 Å². The highest BCUT2D eigenvalue weighted by Crippen LogP contribution is 2.11. The smallest absolute Gasteiger partial charge is 0.145 e. The van der Waals surface area contributed by atoms with Crippen molar-refractivity contribution in [3.63, 3.8) is 0 Å². The fourth-order valence-electron chi connectivity index (χ4n) is 1.34. The zero-order chi connectivity index (χ0) is 12.5. The van der Waals surface area contributed by atoms with Gasteiger partial charge < -0.3 is 5.32 Å². The molecular weight excluding hydrogens is 235 g/mol. The Bertz CT molecular complexity index is 412. The van der Waals surface area contributed by atoms with Gasteiger partial charge in [-0.2, -0.15) is 17.0 Å². The van der Waals surface area contributed by atoms with E-state index in [0.29, 0.717) is 12.1 Å². The van der Waals surface area contributed by atoms with E-state index in [1.54, 1.807) is 23.9 Å². The predicted molar refractivity (Wildman–Crippen MR) is 70.3 cm³/mol. The average Bonchev–Trinajstić information content (AvgIpc) is 2.35. The number of hydrogen-bond acceptors (Lipinski definition) is 3. The molecule has 1 rings (SSSR count). The van der Waals surface area contributed by atoms with E-state index >= 15 is 0 Å². The highest BCUT2D eigenvalue weighted by Gasteiger charge is 2.06. The normalized spacial score (nSPS) is 9.88. The molecule has 0 spiro atoms. The lowest BCUT2D eigenvalue weighted by atomic mass is 10.1. The van der Waals surface area contributed by atoms with Gasteiger partial charge in [-0.05, 0) is 6.07 Å². The fourth-order valence-corrected chi connectivity index (χ4v) is 1.96. The molecule has 1 N–H and O–H groups in total. The summed E-state index contributed by atoms with van der Waals surface area (Å²) in [5, 5.41) is 11.8. The molecule has 0 bridgehead atoms. The van der Waals surface area contributed by atoms with Crippen LogP contribution in [0.15, 0.2) is 30.9 Å². The molecule has 2 nitrogen and oxygen atoms in total. The second kappa shape index (κ2) is 7.88. The molecule has 0 unspecified atom stereocenters. The molecule has 0 heterocycles. The summed E-state index contributed by atoms with van der Waals surface area (Å²) in [7, 11) is 0. The Kier molecular flexibility index (Phi) is 6.38. The van der Waals surface area contributed by atoms with Gasteiger partial charge in [0, 0.05) is 30.2 Å². The molecular formula is C13H15FN2S. The van der Waals surface area contributed by atoms with Crippen LogP contribution >= 0.6 is 11.8 Å². The Hall–Kier alpha value is -1.31. The second-order valence-electron chi connectivity index (χ2n) is 3.43. The minimum absolute atomic E-state index is 0.102. The van der Waals surface area contributed by atoms with Crippen LogP contribution in [0.1, 0.15) is 11.1 Å². The van der Waals surface area contributed by atoms with E-state index in [4.69, 9.17) is 5.26 Å². The molecule has 0 aliphatic rings. The minimum atomic E-state index is -0.416. The molecule has 0 aliphatic carbocycles. The van der Waals surface area contributed by atoms with Crippen molar-refractivity contribution in [2.24, 2.45) is 0 Å². The summed E-state index contributed by atoms with van der Waals surface area (Å²) in [5.74, 6) is 1.48. The maximum atomic E-state index is 13.6. The lowest BCUT2D eigenvalue weighted by Crippen LogP contribution is -2.17. The zero-order valence-corrected chi connectivity index (χ0v) is 10.4. The Morgan fingerprint density at radius 3 is 3.06 bits per heavy atom. The van der Waals surface area contributed by atoms with Gasteiger partial charge in [0.2, 0.25) is 0 Å². The van der Waals surface area contributed by atoms with Crippen molar-refractivity contribution in [3.8, 4) is 6.07 Å². The van der Waals surface area contributed by atoms with Crippen LogP contribution < -0.4 is 5.32 Å². The number of nitrogens with zero attached hydrogens (tertiary/aromatic N) is 1. The molecule has 1 aromatic rings. The van der Waals surface area contributed by atoms with Crippen LogP contribution in [0.5, 0.6) is 0 Å². The molecule has 0 saturated heterocycles. The summed E-state index contributed by atoms with van der Waals surface area (Å²) in [6.07, 6.45) is 1.86. The van der Waals surface area contributed by atoms with Crippen molar-refractivity contribution in [1.29, 1.82) is 5.26 Å².